The van der Waals surface area contributed by atoms with E-state index in [9.17, 15) is 0 Å². The number of aromatic nitrogens is 2. The first-order valence-corrected chi connectivity index (χ1v) is 6.84. The van der Waals surface area contributed by atoms with E-state index >= 15 is 0 Å². The van der Waals surface area contributed by atoms with Gasteiger partial charge >= 0.3 is 0 Å². The van der Waals surface area contributed by atoms with Crippen molar-refractivity contribution in [3.8, 4) is 0 Å². The van der Waals surface area contributed by atoms with Crippen LogP contribution in [0.4, 0.5) is 5.95 Å². The van der Waals surface area contributed by atoms with Crippen LogP contribution in [0.25, 0.3) is 0 Å². The molecule has 1 aromatic heterocycles. The van der Waals surface area contributed by atoms with Gasteiger partial charge in [-0.15, -0.1) is 0 Å². The SMILES string of the molecule is CCSCC(C)Nc1nccn1C1CC1. The number of nitrogens with one attached hydrogen (secondary N) is 1. The van der Waals surface area contributed by atoms with Crippen LogP contribution in [0, 0.1) is 0 Å². The van der Waals surface area contributed by atoms with Gasteiger partial charge in [-0.1, -0.05) is 6.92 Å². The molecule has 1 unspecified atom stereocenters. The average Bonchev–Trinajstić information content (AvgIpc) is 2.97. The molecule has 1 aliphatic rings. The highest BCUT2D eigenvalue weighted by molar-refractivity contribution is 7.99. The fourth-order valence-corrected chi connectivity index (χ4v) is 2.30. The van der Waals surface area contributed by atoms with Crippen molar-refractivity contribution < 1.29 is 0 Å². The summed E-state index contributed by atoms with van der Waals surface area (Å²) in [5, 5.41) is 3.48. The Kier molecular flexibility index (Phi) is 3.57. The molecule has 1 N–H and O–H groups in total. The van der Waals surface area contributed by atoms with Crippen molar-refractivity contribution in [2.24, 2.45) is 0 Å². The Hall–Kier alpha value is -0.640. The van der Waals surface area contributed by atoms with Crippen LogP contribution in [-0.4, -0.2) is 27.1 Å². The second kappa shape index (κ2) is 4.92. The normalized spacial score (nSPS) is 17.7. The van der Waals surface area contributed by atoms with E-state index in [4.69, 9.17) is 0 Å². The largest absolute Gasteiger partial charge is 0.352 e. The minimum atomic E-state index is 0.495. The maximum absolute atomic E-state index is 4.37. The van der Waals surface area contributed by atoms with Gasteiger partial charge in [-0.25, -0.2) is 4.98 Å². The van der Waals surface area contributed by atoms with Crippen molar-refractivity contribution in [2.45, 2.75) is 38.8 Å². The molecule has 2 rings (SSSR count). The van der Waals surface area contributed by atoms with Gasteiger partial charge in [-0.3, -0.25) is 0 Å². The van der Waals surface area contributed by atoms with Gasteiger partial charge < -0.3 is 9.88 Å². The second-order valence-electron chi connectivity index (χ2n) is 4.09. The first-order chi connectivity index (χ1) is 7.31. The van der Waals surface area contributed by atoms with Crippen LogP contribution in [0.2, 0.25) is 0 Å². The average molecular weight is 225 g/mol. The lowest BCUT2D eigenvalue weighted by Gasteiger charge is -2.15. The van der Waals surface area contributed by atoms with Gasteiger partial charge in [0.25, 0.3) is 0 Å². The Labute approximate surface area is 95.7 Å². The van der Waals surface area contributed by atoms with Crippen LogP contribution in [-0.2, 0) is 0 Å². The number of rotatable bonds is 6. The number of nitrogens with zero attached hydrogens (tertiary/aromatic N) is 2. The molecule has 0 aliphatic heterocycles. The molecule has 0 spiro atoms. The number of thioether (sulfide) groups is 1. The molecule has 0 radical (unpaired) electrons. The van der Waals surface area contributed by atoms with Crippen LogP contribution in [0.1, 0.15) is 32.7 Å². The zero-order chi connectivity index (χ0) is 10.7. The molecule has 0 saturated heterocycles. The molecule has 15 heavy (non-hydrogen) atoms. The third-order valence-corrected chi connectivity index (χ3v) is 3.70. The first-order valence-electron chi connectivity index (χ1n) is 5.68. The fraction of sp³-hybridized carbons (Fsp3) is 0.727. The lowest BCUT2D eigenvalue weighted by atomic mass is 10.4. The molecular formula is C11H19N3S. The van der Waals surface area contributed by atoms with E-state index in [-0.39, 0.29) is 0 Å². The number of hydrogen-bond donors (Lipinski definition) is 1. The first kappa shape index (κ1) is 10.9. The minimum absolute atomic E-state index is 0.495. The Balaban J connectivity index is 1.88. The predicted molar refractivity (Wildman–Crippen MR) is 66.6 cm³/mol. The molecule has 1 aromatic rings. The Morgan fingerprint density at radius 1 is 1.67 bits per heavy atom. The van der Waals surface area contributed by atoms with Gasteiger partial charge in [0, 0.05) is 30.2 Å². The fourth-order valence-electron chi connectivity index (χ4n) is 1.63. The van der Waals surface area contributed by atoms with Gasteiger partial charge in [-0.05, 0) is 25.5 Å². The summed E-state index contributed by atoms with van der Waals surface area (Å²) in [6.07, 6.45) is 6.59. The molecule has 1 aliphatic carbocycles. The Morgan fingerprint density at radius 3 is 3.13 bits per heavy atom. The summed E-state index contributed by atoms with van der Waals surface area (Å²) in [5.41, 5.74) is 0. The van der Waals surface area contributed by atoms with Gasteiger partial charge in [0.15, 0.2) is 0 Å². The highest BCUT2D eigenvalue weighted by Gasteiger charge is 2.25. The molecule has 1 atom stereocenters. The summed E-state index contributed by atoms with van der Waals surface area (Å²) in [6.45, 7) is 4.41. The highest BCUT2D eigenvalue weighted by Crippen LogP contribution is 2.36. The van der Waals surface area contributed by atoms with E-state index in [0.29, 0.717) is 12.1 Å². The zero-order valence-electron chi connectivity index (χ0n) is 9.44. The second-order valence-corrected chi connectivity index (χ2v) is 5.41. The number of imidazole rings is 1. The van der Waals surface area contributed by atoms with Crippen LogP contribution < -0.4 is 5.32 Å². The summed E-state index contributed by atoms with van der Waals surface area (Å²) >= 11 is 1.97. The van der Waals surface area contributed by atoms with Gasteiger partial charge in [-0.2, -0.15) is 11.8 Å². The summed E-state index contributed by atoms with van der Waals surface area (Å²) in [4.78, 5) is 4.37. The number of hydrogen-bond acceptors (Lipinski definition) is 3. The molecule has 84 valence electrons. The van der Waals surface area contributed by atoms with E-state index in [1.54, 1.807) is 0 Å². The monoisotopic (exact) mass is 225 g/mol. The predicted octanol–water partition coefficient (Wildman–Crippen LogP) is 2.77. The van der Waals surface area contributed by atoms with Crippen LogP contribution >= 0.6 is 11.8 Å². The van der Waals surface area contributed by atoms with E-state index in [1.165, 1.54) is 18.6 Å². The van der Waals surface area contributed by atoms with Crippen molar-refractivity contribution in [1.29, 1.82) is 0 Å². The maximum atomic E-state index is 4.37. The standard InChI is InChI=1S/C11H19N3S/c1-3-15-8-9(2)13-11-12-6-7-14(11)10-4-5-10/h6-7,9-10H,3-5,8H2,1-2H3,(H,12,13). The quantitative estimate of drug-likeness (QED) is 0.807. The van der Waals surface area contributed by atoms with E-state index in [0.717, 1.165) is 11.7 Å². The van der Waals surface area contributed by atoms with Gasteiger partial charge in [0.2, 0.25) is 5.95 Å². The molecular weight excluding hydrogens is 206 g/mol. The summed E-state index contributed by atoms with van der Waals surface area (Å²) < 4.78 is 2.27. The molecule has 1 saturated carbocycles. The number of anilines is 1. The third-order valence-electron chi connectivity index (χ3n) is 2.56. The van der Waals surface area contributed by atoms with Gasteiger partial charge in [0.05, 0.1) is 0 Å². The molecule has 0 aromatic carbocycles. The van der Waals surface area contributed by atoms with Gasteiger partial charge in [0.1, 0.15) is 0 Å². The maximum Gasteiger partial charge on any atom is 0.203 e. The molecule has 0 amide bonds. The van der Waals surface area contributed by atoms with E-state index in [2.05, 4.69) is 34.9 Å². The lowest BCUT2D eigenvalue weighted by Crippen LogP contribution is -2.20. The molecule has 4 heteroatoms. The summed E-state index contributed by atoms with van der Waals surface area (Å²) in [6, 6.07) is 1.20. The minimum Gasteiger partial charge on any atom is -0.352 e. The van der Waals surface area contributed by atoms with Crippen LogP contribution in [0.15, 0.2) is 12.4 Å². The van der Waals surface area contributed by atoms with Crippen LogP contribution in [0.3, 0.4) is 0 Å². The Morgan fingerprint density at radius 2 is 2.47 bits per heavy atom. The van der Waals surface area contributed by atoms with E-state index < -0.39 is 0 Å². The summed E-state index contributed by atoms with van der Waals surface area (Å²) in [7, 11) is 0. The van der Waals surface area contributed by atoms with Crippen LogP contribution in [0.5, 0.6) is 0 Å². The van der Waals surface area contributed by atoms with Crippen molar-refractivity contribution in [2.75, 3.05) is 16.8 Å². The lowest BCUT2D eigenvalue weighted by molar-refractivity contribution is 0.731. The third kappa shape index (κ3) is 2.91. The molecule has 1 heterocycles. The highest BCUT2D eigenvalue weighted by atomic mass is 32.2. The van der Waals surface area contributed by atoms with Crippen molar-refractivity contribution in [3.05, 3.63) is 12.4 Å². The van der Waals surface area contributed by atoms with Crippen molar-refractivity contribution in [3.63, 3.8) is 0 Å². The van der Waals surface area contributed by atoms with Crippen molar-refractivity contribution >= 4 is 17.7 Å². The topological polar surface area (TPSA) is 29.9 Å². The summed E-state index contributed by atoms with van der Waals surface area (Å²) in [5.74, 6) is 3.37. The molecule has 0 bridgehead atoms. The Bertz CT molecular complexity index is 307. The smallest absolute Gasteiger partial charge is 0.203 e. The van der Waals surface area contributed by atoms with E-state index in [1.807, 2.05) is 18.0 Å². The zero-order valence-corrected chi connectivity index (χ0v) is 10.3. The molecule has 3 nitrogen and oxygen atoms in total. The molecule has 1 fully saturated rings. The van der Waals surface area contributed by atoms with Crippen molar-refractivity contribution in [1.82, 2.24) is 9.55 Å².